The van der Waals surface area contributed by atoms with Crippen LogP contribution < -0.4 is 0 Å². The Morgan fingerprint density at radius 2 is 0.841 bits per heavy atom. The van der Waals surface area contributed by atoms with Gasteiger partial charge >= 0.3 is 29.8 Å². The number of esters is 4. The van der Waals surface area contributed by atoms with Crippen LogP contribution in [0.1, 0.15) is 90.0 Å². The smallest absolute Gasteiger partial charge is 0.322 e. The Labute approximate surface area is 263 Å². The predicted octanol–water partition coefficient (Wildman–Crippen LogP) is 2.73. The summed E-state index contributed by atoms with van der Waals surface area (Å²) in [5, 5.41) is 10.3. The number of hydrogen-bond acceptors (Lipinski definition) is 12. The third-order valence-electron chi connectivity index (χ3n) is 5.39. The molecule has 0 saturated carbocycles. The molecule has 13 nitrogen and oxygen atoms in total. The van der Waals surface area contributed by atoms with Gasteiger partial charge in [-0.15, -0.1) is 0 Å². The summed E-state index contributed by atoms with van der Waals surface area (Å²) in [7, 11) is 0. The number of hydrogen-bond donors (Lipinski definition) is 1. The largest absolute Gasteiger partial charge is 0.480 e. The van der Waals surface area contributed by atoms with Crippen LogP contribution >= 0.6 is 0 Å². The van der Waals surface area contributed by atoms with Crippen molar-refractivity contribution in [2.24, 2.45) is 0 Å². The zero-order valence-corrected chi connectivity index (χ0v) is 29.2. The topological polar surface area (TPSA) is 152 Å². The molecule has 0 aromatic heterocycles. The summed E-state index contributed by atoms with van der Waals surface area (Å²) in [4.78, 5) is 68.1. The van der Waals surface area contributed by atoms with Gasteiger partial charge in [0.05, 0.1) is 26.2 Å². The van der Waals surface area contributed by atoms with Gasteiger partial charge in [0, 0.05) is 19.6 Å². The molecule has 0 aliphatic rings. The van der Waals surface area contributed by atoms with Crippen LogP contribution in [0.4, 0.5) is 0 Å². The van der Waals surface area contributed by atoms with Gasteiger partial charge in [-0.3, -0.25) is 38.7 Å². The molecule has 0 aliphatic carbocycles. The van der Waals surface area contributed by atoms with Gasteiger partial charge in [-0.05, 0) is 89.6 Å². The first-order valence-corrected chi connectivity index (χ1v) is 15.0. The number of likely N-dealkylation sites (N-methyl/N-ethyl adjacent to an activating group) is 1. The Morgan fingerprint density at radius 3 is 1.14 bits per heavy atom. The summed E-state index contributed by atoms with van der Waals surface area (Å²) < 4.78 is 21.7. The molecule has 0 amide bonds. The lowest BCUT2D eigenvalue weighted by atomic mass is 10.2. The molecular weight excluding hydrogens is 574 g/mol. The zero-order valence-electron chi connectivity index (χ0n) is 29.2. The SMILES string of the molecule is CCN(CCN(CC(=O)OC(C)(C)C)CC(C(=O)O)N(CC(=O)OC(C)(C)C)CC(=O)OC(C)(C)C)CC(=O)OC(C)(C)C. The summed E-state index contributed by atoms with van der Waals surface area (Å²) >= 11 is 0. The molecule has 44 heavy (non-hydrogen) atoms. The third-order valence-corrected chi connectivity index (χ3v) is 5.39. The maximum absolute atomic E-state index is 12.8. The fraction of sp³-hybridized carbons (Fsp3) is 0.839. The van der Waals surface area contributed by atoms with Crippen LogP contribution in [0.5, 0.6) is 0 Å². The Balaban J connectivity index is 6.22. The van der Waals surface area contributed by atoms with E-state index in [2.05, 4.69) is 0 Å². The van der Waals surface area contributed by atoms with Gasteiger partial charge in [0.25, 0.3) is 0 Å². The van der Waals surface area contributed by atoms with Crippen molar-refractivity contribution in [1.29, 1.82) is 0 Å². The number of aliphatic carboxylic acids is 1. The molecule has 1 atom stereocenters. The Morgan fingerprint density at radius 1 is 0.545 bits per heavy atom. The lowest BCUT2D eigenvalue weighted by molar-refractivity contribution is -0.165. The molecule has 0 bridgehead atoms. The number of ether oxygens (including phenoxy) is 4. The van der Waals surface area contributed by atoms with Crippen molar-refractivity contribution in [2.45, 2.75) is 118 Å². The predicted molar refractivity (Wildman–Crippen MR) is 165 cm³/mol. The van der Waals surface area contributed by atoms with E-state index in [-0.39, 0.29) is 26.2 Å². The van der Waals surface area contributed by atoms with Crippen molar-refractivity contribution < 1.29 is 48.0 Å². The highest BCUT2D eigenvalue weighted by Crippen LogP contribution is 2.14. The monoisotopic (exact) mass is 631 g/mol. The van der Waals surface area contributed by atoms with Gasteiger partial charge in [0.2, 0.25) is 0 Å². The van der Waals surface area contributed by atoms with E-state index in [1.165, 1.54) is 4.90 Å². The summed E-state index contributed by atoms with van der Waals surface area (Å²) in [6.07, 6.45) is 0. The van der Waals surface area contributed by atoms with E-state index < -0.39 is 71.4 Å². The van der Waals surface area contributed by atoms with Gasteiger partial charge in [-0.1, -0.05) is 6.92 Å². The summed E-state index contributed by atoms with van der Waals surface area (Å²) in [5.41, 5.74) is -3.11. The molecule has 1 unspecified atom stereocenters. The van der Waals surface area contributed by atoms with Crippen LogP contribution in [0.15, 0.2) is 0 Å². The first-order chi connectivity index (χ1) is 19.7. The van der Waals surface area contributed by atoms with Gasteiger partial charge in [-0.25, -0.2) is 0 Å². The van der Waals surface area contributed by atoms with Crippen molar-refractivity contribution in [3.8, 4) is 0 Å². The van der Waals surface area contributed by atoms with Crippen molar-refractivity contribution in [2.75, 3.05) is 52.4 Å². The molecule has 0 fully saturated rings. The summed E-state index contributed by atoms with van der Waals surface area (Å²) in [6.45, 7) is 21.9. The molecule has 0 heterocycles. The second-order valence-corrected chi connectivity index (χ2v) is 14.7. The van der Waals surface area contributed by atoms with Crippen molar-refractivity contribution >= 4 is 29.8 Å². The number of carbonyl (C=O) groups excluding carboxylic acids is 4. The highest BCUT2D eigenvalue weighted by atomic mass is 16.6. The molecule has 0 aliphatic heterocycles. The van der Waals surface area contributed by atoms with E-state index >= 15 is 0 Å². The Bertz CT molecular complexity index is 941. The first kappa shape index (κ1) is 41.2. The normalized spacial score (nSPS) is 13.5. The standard InChI is InChI=1S/C31H57N3O10/c1-14-32(18-23(35)41-28(2,3)4)15-16-33(19-24(36)42-29(5,6)7)17-22(27(39)40)34(20-25(37)43-30(8,9)10)21-26(38)44-31(11,12)13/h22H,14-21H2,1-13H3,(H,39,40). The fourth-order valence-corrected chi connectivity index (χ4v) is 3.93. The number of rotatable bonds is 16. The number of carboxylic acid groups (broad SMARTS) is 1. The second-order valence-electron chi connectivity index (χ2n) is 14.7. The highest BCUT2D eigenvalue weighted by Gasteiger charge is 2.34. The van der Waals surface area contributed by atoms with Gasteiger partial charge in [-0.2, -0.15) is 0 Å². The molecule has 0 aromatic rings. The molecule has 0 radical (unpaired) electrons. The molecule has 0 rings (SSSR count). The summed E-state index contributed by atoms with van der Waals surface area (Å²) in [6, 6.07) is -1.40. The van der Waals surface area contributed by atoms with E-state index in [1.807, 2.05) is 11.8 Å². The van der Waals surface area contributed by atoms with Crippen LogP contribution in [0, 0.1) is 0 Å². The van der Waals surface area contributed by atoms with Crippen molar-refractivity contribution in [3.63, 3.8) is 0 Å². The molecule has 0 saturated heterocycles. The van der Waals surface area contributed by atoms with Gasteiger partial charge in [0.1, 0.15) is 28.4 Å². The average molecular weight is 632 g/mol. The van der Waals surface area contributed by atoms with E-state index in [0.29, 0.717) is 13.1 Å². The lowest BCUT2D eigenvalue weighted by Crippen LogP contribution is -2.54. The number of nitrogens with zero attached hydrogens (tertiary/aromatic N) is 3. The fourth-order valence-electron chi connectivity index (χ4n) is 3.93. The van der Waals surface area contributed by atoms with Crippen LogP contribution in [-0.2, 0) is 42.9 Å². The Hall–Kier alpha value is -2.77. The zero-order chi connectivity index (χ0) is 34.7. The Kier molecular flexibility index (Phi) is 16.0. The quantitative estimate of drug-likeness (QED) is 0.196. The molecule has 256 valence electrons. The highest BCUT2D eigenvalue weighted by molar-refractivity contribution is 5.80. The van der Waals surface area contributed by atoms with Crippen molar-refractivity contribution in [3.05, 3.63) is 0 Å². The molecule has 0 aromatic carbocycles. The molecular formula is C31H57N3O10. The van der Waals surface area contributed by atoms with E-state index in [4.69, 9.17) is 18.9 Å². The third kappa shape index (κ3) is 21.0. The number of carboxylic acids is 1. The second kappa shape index (κ2) is 17.1. The lowest BCUT2D eigenvalue weighted by Gasteiger charge is -2.34. The van der Waals surface area contributed by atoms with Gasteiger partial charge < -0.3 is 24.1 Å². The number of carbonyl (C=O) groups is 5. The van der Waals surface area contributed by atoms with Crippen LogP contribution in [0.3, 0.4) is 0 Å². The minimum Gasteiger partial charge on any atom is -0.480 e. The van der Waals surface area contributed by atoms with Crippen molar-refractivity contribution in [1.82, 2.24) is 14.7 Å². The maximum atomic E-state index is 12.8. The molecule has 0 spiro atoms. The van der Waals surface area contributed by atoms with E-state index in [9.17, 15) is 29.1 Å². The van der Waals surface area contributed by atoms with Crippen LogP contribution in [0.2, 0.25) is 0 Å². The van der Waals surface area contributed by atoms with Gasteiger partial charge in [0.15, 0.2) is 0 Å². The summed E-state index contributed by atoms with van der Waals surface area (Å²) in [5.74, 6) is -3.75. The maximum Gasteiger partial charge on any atom is 0.322 e. The average Bonchev–Trinajstić information content (AvgIpc) is 2.73. The minimum absolute atomic E-state index is 0.000179. The first-order valence-electron chi connectivity index (χ1n) is 15.0. The molecule has 13 heteroatoms. The van der Waals surface area contributed by atoms with Crippen LogP contribution in [0.25, 0.3) is 0 Å². The minimum atomic E-state index is -1.40. The molecule has 1 N–H and O–H groups in total. The van der Waals surface area contributed by atoms with E-state index in [1.54, 1.807) is 88.0 Å². The van der Waals surface area contributed by atoms with Crippen LogP contribution in [-0.4, -0.2) is 130 Å². The van der Waals surface area contributed by atoms with E-state index in [0.717, 1.165) is 0 Å².